The van der Waals surface area contributed by atoms with Crippen LogP contribution >= 0.6 is 11.3 Å². The number of hydrogen-bond acceptors (Lipinski definition) is 7. The lowest BCUT2D eigenvalue weighted by atomic mass is 10.0. The fourth-order valence-electron chi connectivity index (χ4n) is 10.8. The van der Waals surface area contributed by atoms with Crippen LogP contribution in [0.25, 0.3) is 31.7 Å². The first-order valence-electron chi connectivity index (χ1n) is 38.5. The quantitative estimate of drug-likeness (QED) is 0.153. The largest absolute Gasteiger partial charge is 0.573 e. The third-order valence-corrected chi connectivity index (χ3v) is 18.1. The van der Waals surface area contributed by atoms with Gasteiger partial charge in [0.05, 0.1) is 13.7 Å². The van der Waals surface area contributed by atoms with E-state index in [4.69, 9.17) is 9.47 Å². The van der Waals surface area contributed by atoms with Crippen LogP contribution < -0.4 is 24.4 Å². The average Bonchev–Trinajstić information content (AvgIpc) is 1.67. The second kappa shape index (κ2) is 52.0. The number of thiophene rings is 1. The van der Waals surface area contributed by atoms with E-state index in [1.165, 1.54) is 141 Å². The van der Waals surface area contributed by atoms with E-state index < -0.39 is 18.0 Å². The maximum Gasteiger partial charge on any atom is 0.573 e. The van der Waals surface area contributed by atoms with Crippen LogP contribution in [0.15, 0.2) is 316 Å². The summed E-state index contributed by atoms with van der Waals surface area (Å²) < 4.78 is 86.8. The molecule has 0 saturated carbocycles. The number of piperazine rings is 1. The Kier molecular flexibility index (Phi) is 42.5. The molecule has 0 bridgehead atoms. The van der Waals surface area contributed by atoms with Gasteiger partial charge in [-0.3, -0.25) is 4.98 Å². The third kappa shape index (κ3) is 40.7. The van der Waals surface area contributed by atoms with Crippen molar-refractivity contribution in [2.75, 3.05) is 44.8 Å². The number of hydrogen-bond donors (Lipinski definition) is 1. The zero-order valence-electron chi connectivity index (χ0n) is 69.6. The molecule has 115 heavy (non-hydrogen) atoms. The summed E-state index contributed by atoms with van der Waals surface area (Å²) in [7, 11) is 1.68. The number of ether oxygens (including phenoxy) is 3. The molecule has 1 aliphatic rings. The van der Waals surface area contributed by atoms with Gasteiger partial charge in [0, 0.05) is 65.3 Å². The summed E-state index contributed by atoms with van der Waals surface area (Å²) in [6, 6.07) is 98.0. The molecular formula is C102H113F6N3O3S. The first kappa shape index (κ1) is 94.1. The van der Waals surface area contributed by atoms with Crippen molar-refractivity contribution in [3.05, 3.63) is 411 Å². The Labute approximate surface area is 685 Å². The predicted molar refractivity (Wildman–Crippen MR) is 475 cm³/mol. The second-order valence-electron chi connectivity index (χ2n) is 27.7. The highest BCUT2D eigenvalue weighted by atomic mass is 32.1. The highest BCUT2D eigenvalue weighted by Crippen LogP contribution is 2.33. The molecule has 13 heteroatoms. The lowest BCUT2D eigenvalue weighted by Gasteiger charge is -2.29. The van der Waals surface area contributed by atoms with Crippen LogP contribution in [0.4, 0.5) is 32.0 Å². The molecule has 0 unspecified atom stereocenters. The minimum Gasteiger partial charge on any atom is -0.497 e. The van der Waals surface area contributed by atoms with Gasteiger partial charge in [-0.15, -0.1) is 24.5 Å². The number of benzene rings is 12. The molecule has 3 heterocycles. The van der Waals surface area contributed by atoms with Gasteiger partial charge < -0.3 is 24.4 Å². The Morgan fingerprint density at radius 1 is 0.374 bits per heavy atom. The summed E-state index contributed by atoms with van der Waals surface area (Å²) in [5, 5.41) is 4.58. The molecule has 15 rings (SSSR count). The normalized spacial score (nSPS) is 10.7. The molecule has 0 amide bonds. The van der Waals surface area contributed by atoms with Crippen LogP contribution in [-0.4, -0.2) is 51.2 Å². The minimum atomic E-state index is -4.60. The zero-order valence-corrected chi connectivity index (χ0v) is 70.4. The second-order valence-corrected chi connectivity index (χ2v) is 28.8. The molecule has 14 aromatic rings. The van der Waals surface area contributed by atoms with E-state index in [-0.39, 0.29) is 11.6 Å². The van der Waals surface area contributed by atoms with Gasteiger partial charge in [0.1, 0.15) is 34.7 Å². The van der Waals surface area contributed by atoms with Crippen LogP contribution in [0.1, 0.15) is 91.7 Å². The number of pyridine rings is 1. The maximum absolute atomic E-state index is 12.2. The highest BCUT2D eigenvalue weighted by molar-refractivity contribution is 7.22. The van der Waals surface area contributed by atoms with Crippen molar-refractivity contribution in [2.45, 2.75) is 117 Å². The van der Waals surface area contributed by atoms with Crippen molar-refractivity contribution in [1.82, 2.24) is 10.3 Å². The Hall–Kier alpha value is -11.5. The molecule has 1 N–H and O–H groups in total. The molecule has 1 fully saturated rings. The summed E-state index contributed by atoms with van der Waals surface area (Å²) in [6.45, 7) is 35.5. The minimum absolute atomic E-state index is 0.162. The summed E-state index contributed by atoms with van der Waals surface area (Å²) in [4.78, 5) is 7.88. The molecule has 1 saturated heterocycles. The van der Waals surface area contributed by atoms with Crippen molar-refractivity contribution < 1.29 is 40.6 Å². The summed E-state index contributed by atoms with van der Waals surface area (Å²) in [5.74, 6) is 0.505. The third-order valence-electron chi connectivity index (χ3n) is 17.0. The van der Waals surface area contributed by atoms with Gasteiger partial charge in [-0.25, -0.2) is 13.2 Å². The molecule has 0 aliphatic carbocycles. The highest BCUT2D eigenvalue weighted by Gasteiger charge is 2.31. The van der Waals surface area contributed by atoms with Gasteiger partial charge in [0.25, 0.3) is 0 Å². The number of alkyl halides is 3. The topological polar surface area (TPSA) is 55.9 Å². The number of aryl methyl sites for hydroxylation is 14. The molecule has 0 radical (unpaired) electrons. The molecular weight excluding hydrogens is 1460 g/mol. The number of nitrogens with one attached hydrogen (secondary N) is 1. The lowest BCUT2D eigenvalue weighted by molar-refractivity contribution is -0.274. The lowest BCUT2D eigenvalue weighted by Crippen LogP contribution is -2.43. The molecule has 2 aromatic heterocycles. The van der Waals surface area contributed by atoms with E-state index in [0.717, 1.165) is 67.9 Å². The fraction of sp³-hybridized carbons (Fsp3) is 0.225. The number of anilines is 1. The van der Waals surface area contributed by atoms with Gasteiger partial charge in [0.2, 0.25) is 0 Å². The molecule has 12 aromatic carbocycles. The average molecular weight is 1580 g/mol. The van der Waals surface area contributed by atoms with Gasteiger partial charge >= 0.3 is 6.36 Å². The molecule has 1 aliphatic heterocycles. The number of methoxy groups -OCH3 is 1. The van der Waals surface area contributed by atoms with Crippen molar-refractivity contribution in [3.8, 4) is 38.8 Å². The van der Waals surface area contributed by atoms with Crippen molar-refractivity contribution >= 4 is 27.1 Å². The standard InChI is InChI=1S/C14H11NS.C13H12.C11H16N2.C9H12O.C9H12.C8H7F3O.C8H10O.2C8H10.C7H6F2.C7H7F/c1-10-2-4-11(5-3-10)14-8-12-9-15-7-6-13(12)16-14;1-11-7-9-13(10-8-11)12-5-3-2-4-6-12;1-10-2-4-11(5-3-10)13-8-6-12-7-9-13;1-3-10-9-6-4-5-8(2)7-9;1-3-9-6-4-8(2)5-7-9;1-6-3-2-4-7(5-6)12-8(9,10)11;1-7-4-3-5-8(6-7)9-2;1-7-3-5-8(2)6-4-7;1-7-4-3-5-8(2)6-7;1-5-2-6(8)4-7(9)3-5;1-6-3-2-4-7(8)5-6/h2-9H,1H3;2-10H,1H3;2-5,12H,6-9H2,1H3;4-7H,3H2,1-2H3;4-7H,3H2,1-2H3;2-5H,1H3;3-6H,1-2H3;2*3-6H,1-2H3;2-4H,1H3;2-5H,1H3. The molecule has 6 nitrogen and oxygen atoms in total. The Balaban J connectivity index is 0.000000228. The fourth-order valence-corrected chi connectivity index (χ4v) is 11.8. The molecule has 602 valence electrons. The summed E-state index contributed by atoms with van der Waals surface area (Å²) in [5.41, 5.74) is 22.0. The van der Waals surface area contributed by atoms with E-state index in [0.29, 0.717) is 5.56 Å². The van der Waals surface area contributed by atoms with Crippen LogP contribution in [0.2, 0.25) is 0 Å². The number of nitrogens with zero attached hydrogens (tertiary/aromatic N) is 2. The maximum atomic E-state index is 12.2. The monoisotopic (exact) mass is 1570 g/mol. The predicted octanol–water partition coefficient (Wildman–Crippen LogP) is 28.2. The van der Waals surface area contributed by atoms with Crippen LogP contribution in [0.3, 0.4) is 0 Å². The van der Waals surface area contributed by atoms with E-state index in [2.05, 4.69) is 277 Å². The van der Waals surface area contributed by atoms with Crippen molar-refractivity contribution in [2.24, 2.45) is 0 Å². The van der Waals surface area contributed by atoms with E-state index >= 15 is 0 Å². The number of aromatic nitrogens is 1. The first-order chi connectivity index (χ1) is 55.0. The first-order valence-corrected chi connectivity index (χ1v) is 39.3. The number of rotatable bonds is 8. The van der Waals surface area contributed by atoms with Crippen LogP contribution in [-0.2, 0) is 6.42 Å². The van der Waals surface area contributed by atoms with Crippen LogP contribution in [0, 0.1) is 107 Å². The van der Waals surface area contributed by atoms with Crippen LogP contribution in [0.5, 0.6) is 17.2 Å². The van der Waals surface area contributed by atoms with Gasteiger partial charge in [0.15, 0.2) is 0 Å². The van der Waals surface area contributed by atoms with E-state index in [1.807, 2.05) is 99.1 Å². The Bertz CT molecular complexity index is 4810. The van der Waals surface area contributed by atoms with E-state index in [1.54, 1.807) is 33.1 Å². The molecule has 0 spiro atoms. The Morgan fingerprint density at radius 3 is 1.18 bits per heavy atom. The zero-order chi connectivity index (χ0) is 83.9. The SMILES string of the molecule is CCOc1cccc(C)c1.CCc1ccc(C)cc1.COc1cccc(C)c1.Cc1cc(F)cc(F)c1.Cc1ccc(-c2cc3cnccc3s2)cc1.Cc1ccc(-c2ccccc2)cc1.Cc1ccc(C)cc1.Cc1ccc(N2CCNCC2)cc1.Cc1cccc(C)c1.Cc1cccc(F)c1.Cc1cccc(OC(F)(F)F)c1. The van der Waals surface area contributed by atoms with Crippen molar-refractivity contribution in [1.29, 1.82) is 0 Å². The Morgan fingerprint density at radius 2 is 0.774 bits per heavy atom. The molecule has 0 atom stereocenters. The number of fused-ring (bicyclic) bond motifs is 1. The smallest absolute Gasteiger partial charge is 0.497 e. The summed E-state index contributed by atoms with van der Waals surface area (Å²) in [6.07, 6.45) is 0.301. The van der Waals surface area contributed by atoms with Gasteiger partial charge in [-0.1, -0.05) is 264 Å². The van der Waals surface area contributed by atoms with Gasteiger partial charge in [-0.05, 0) is 238 Å². The summed E-state index contributed by atoms with van der Waals surface area (Å²) >= 11 is 1.82. The van der Waals surface area contributed by atoms with Crippen molar-refractivity contribution in [3.63, 3.8) is 0 Å². The number of halogens is 6. The van der Waals surface area contributed by atoms with Gasteiger partial charge in [-0.2, -0.15) is 0 Å². The van der Waals surface area contributed by atoms with E-state index in [9.17, 15) is 26.3 Å².